The highest BCUT2D eigenvalue weighted by Gasteiger charge is 2.29. The number of hydrogen-bond donors (Lipinski definition) is 1. The summed E-state index contributed by atoms with van der Waals surface area (Å²) < 4.78 is 38.7. The fourth-order valence-electron chi connectivity index (χ4n) is 3.51. The number of carbonyl (C=O) groups is 1. The Hall–Kier alpha value is -3.52. The van der Waals surface area contributed by atoms with E-state index in [-0.39, 0.29) is 11.4 Å². The number of hydrogen-bond acceptors (Lipinski definition) is 5. The standard InChI is InChI=1S/C26H30N2O5S/c1-20-11-16-25(33-3)24(18-20)28(34(30,31)23-9-5-4-6-10-23)19-26(29)27-17-7-8-21-12-14-22(32-2)15-13-21/h4-6,9-16,18H,7-8,17,19H2,1-3H3,(H,27,29). The minimum atomic E-state index is -4.00. The molecule has 0 bridgehead atoms. The van der Waals surface area contributed by atoms with E-state index in [2.05, 4.69) is 5.32 Å². The third-order valence-corrected chi connectivity index (χ3v) is 7.12. The van der Waals surface area contributed by atoms with Crippen molar-refractivity contribution in [1.29, 1.82) is 0 Å². The molecule has 8 heteroatoms. The number of aryl methyl sites for hydroxylation is 2. The summed E-state index contributed by atoms with van der Waals surface area (Å²) in [5, 5.41) is 2.84. The second kappa shape index (κ2) is 11.6. The van der Waals surface area contributed by atoms with E-state index in [0.29, 0.717) is 18.0 Å². The number of amides is 1. The van der Waals surface area contributed by atoms with E-state index < -0.39 is 15.9 Å². The van der Waals surface area contributed by atoms with Crippen LogP contribution in [0.3, 0.4) is 0 Å². The van der Waals surface area contributed by atoms with Gasteiger partial charge < -0.3 is 14.8 Å². The molecule has 0 unspecified atom stereocenters. The van der Waals surface area contributed by atoms with Crippen LogP contribution >= 0.6 is 0 Å². The van der Waals surface area contributed by atoms with Crippen LogP contribution in [0, 0.1) is 6.92 Å². The smallest absolute Gasteiger partial charge is 0.264 e. The van der Waals surface area contributed by atoms with Gasteiger partial charge in [0.15, 0.2) is 0 Å². The number of methoxy groups -OCH3 is 2. The molecule has 0 radical (unpaired) electrons. The number of benzene rings is 3. The number of carbonyl (C=O) groups excluding carboxylic acids is 1. The monoisotopic (exact) mass is 482 g/mol. The first kappa shape index (κ1) is 25.1. The van der Waals surface area contributed by atoms with Crippen LogP contribution in [0.5, 0.6) is 11.5 Å². The molecule has 0 atom stereocenters. The van der Waals surface area contributed by atoms with Crippen molar-refractivity contribution >= 4 is 21.6 Å². The quantitative estimate of drug-likeness (QED) is 0.418. The average Bonchev–Trinajstić information content (AvgIpc) is 2.86. The van der Waals surface area contributed by atoms with Crippen molar-refractivity contribution in [2.24, 2.45) is 0 Å². The number of rotatable bonds is 11. The zero-order chi connectivity index (χ0) is 24.6. The van der Waals surface area contributed by atoms with Crippen LogP contribution in [0.2, 0.25) is 0 Å². The summed E-state index contributed by atoms with van der Waals surface area (Å²) in [4.78, 5) is 12.9. The van der Waals surface area contributed by atoms with Crippen LogP contribution in [-0.2, 0) is 21.2 Å². The maximum atomic E-state index is 13.5. The molecule has 0 spiro atoms. The lowest BCUT2D eigenvalue weighted by molar-refractivity contribution is -0.119. The third kappa shape index (κ3) is 6.29. The van der Waals surface area contributed by atoms with E-state index in [4.69, 9.17) is 9.47 Å². The van der Waals surface area contributed by atoms with Crippen LogP contribution < -0.4 is 19.1 Å². The van der Waals surface area contributed by atoms with E-state index in [9.17, 15) is 13.2 Å². The third-order valence-electron chi connectivity index (χ3n) is 5.34. The molecule has 3 rings (SSSR count). The maximum absolute atomic E-state index is 13.5. The summed E-state index contributed by atoms with van der Waals surface area (Å²) in [6.07, 6.45) is 1.50. The van der Waals surface area contributed by atoms with Gasteiger partial charge in [-0.15, -0.1) is 0 Å². The van der Waals surface area contributed by atoms with Crippen molar-refractivity contribution in [3.63, 3.8) is 0 Å². The van der Waals surface area contributed by atoms with Crippen molar-refractivity contribution in [2.75, 3.05) is 31.6 Å². The summed E-state index contributed by atoms with van der Waals surface area (Å²) in [6, 6.07) is 21.1. The Kier molecular flexibility index (Phi) is 8.54. The summed E-state index contributed by atoms with van der Waals surface area (Å²) in [7, 11) is -0.902. The minimum Gasteiger partial charge on any atom is -0.497 e. The summed E-state index contributed by atoms with van der Waals surface area (Å²) in [5.74, 6) is 0.776. The van der Waals surface area contributed by atoms with Crippen molar-refractivity contribution in [1.82, 2.24) is 5.32 Å². The van der Waals surface area contributed by atoms with Crippen LogP contribution in [-0.4, -0.2) is 41.6 Å². The van der Waals surface area contributed by atoms with E-state index in [1.807, 2.05) is 37.3 Å². The highest BCUT2D eigenvalue weighted by Crippen LogP contribution is 2.33. The van der Waals surface area contributed by atoms with Crippen LogP contribution in [0.4, 0.5) is 5.69 Å². The second-order valence-electron chi connectivity index (χ2n) is 7.80. The zero-order valence-corrected chi connectivity index (χ0v) is 20.5. The van der Waals surface area contributed by atoms with Crippen molar-refractivity contribution in [3.05, 3.63) is 83.9 Å². The minimum absolute atomic E-state index is 0.103. The average molecular weight is 483 g/mol. The maximum Gasteiger partial charge on any atom is 0.264 e. The van der Waals surface area contributed by atoms with Gasteiger partial charge in [0.05, 0.1) is 24.8 Å². The largest absolute Gasteiger partial charge is 0.497 e. The van der Waals surface area contributed by atoms with Gasteiger partial charge in [-0.05, 0) is 67.3 Å². The Morgan fingerprint density at radius 1 is 0.941 bits per heavy atom. The van der Waals surface area contributed by atoms with Gasteiger partial charge >= 0.3 is 0 Å². The van der Waals surface area contributed by atoms with E-state index >= 15 is 0 Å². The molecular weight excluding hydrogens is 452 g/mol. The Morgan fingerprint density at radius 2 is 1.65 bits per heavy atom. The summed E-state index contributed by atoms with van der Waals surface area (Å²) in [6.45, 7) is 1.92. The summed E-state index contributed by atoms with van der Waals surface area (Å²) >= 11 is 0. The first-order valence-corrected chi connectivity index (χ1v) is 12.4. The Labute approximate surface area is 201 Å². The van der Waals surface area contributed by atoms with E-state index in [1.54, 1.807) is 37.4 Å². The molecule has 0 aromatic heterocycles. The first-order valence-electron chi connectivity index (χ1n) is 11.0. The normalized spacial score (nSPS) is 11.0. The van der Waals surface area contributed by atoms with Crippen molar-refractivity contribution in [2.45, 2.75) is 24.7 Å². The number of sulfonamides is 1. The molecule has 0 aliphatic rings. The van der Waals surface area contributed by atoms with Crippen molar-refractivity contribution in [3.8, 4) is 11.5 Å². The van der Waals surface area contributed by atoms with E-state index in [1.165, 1.54) is 19.2 Å². The molecule has 0 heterocycles. The molecule has 0 aliphatic carbocycles. The van der Waals surface area contributed by atoms with Gasteiger partial charge in [0.1, 0.15) is 18.0 Å². The van der Waals surface area contributed by atoms with Gasteiger partial charge in [-0.25, -0.2) is 8.42 Å². The Morgan fingerprint density at radius 3 is 2.29 bits per heavy atom. The van der Waals surface area contributed by atoms with Gasteiger partial charge in [-0.2, -0.15) is 0 Å². The fourth-order valence-corrected chi connectivity index (χ4v) is 4.96. The SMILES string of the molecule is COc1ccc(CCCNC(=O)CN(c2cc(C)ccc2OC)S(=O)(=O)c2ccccc2)cc1. The molecule has 0 saturated heterocycles. The summed E-state index contributed by atoms with van der Waals surface area (Å²) in [5.41, 5.74) is 2.30. The molecule has 1 amide bonds. The lowest BCUT2D eigenvalue weighted by atomic mass is 10.1. The Bertz CT molecular complexity index is 1200. The molecule has 0 saturated carbocycles. The van der Waals surface area contributed by atoms with Crippen molar-refractivity contribution < 1.29 is 22.7 Å². The highest BCUT2D eigenvalue weighted by atomic mass is 32.2. The van der Waals surface area contributed by atoms with Crippen LogP contribution in [0.15, 0.2) is 77.7 Å². The number of nitrogens with zero attached hydrogens (tertiary/aromatic N) is 1. The molecule has 0 aliphatic heterocycles. The zero-order valence-electron chi connectivity index (χ0n) is 19.7. The van der Waals surface area contributed by atoms with Crippen LogP contribution in [0.1, 0.15) is 17.5 Å². The van der Waals surface area contributed by atoms with E-state index in [0.717, 1.165) is 34.0 Å². The molecule has 34 heavy (non-hydrogen) atoms. The lowest BCUT2D eigenvalue weighted by Crippen LogP contribution is -2.41. The van der Waals surface area contributed by atoms with Gasteiger partial charge in [-0.1, -0.05) is 36.4 Å². The molecule has 1 N–H and O–H groups in total. The predicted octanol–water partition coefficient (Wildman–Crippen LogP) is 3.96. The Balaban J connectivity index is 1.74. The predicted molar refractivity (Wildman–Crippen MR) is 133 cm³/mol. The molecule has 180 valence electrons. The van der Waals surface area contributed by atoms with Gasteiger partial charge in [-0.3, -0.25) is 9.10 Å². The van der Waals surface area contributed by atoms with Gasteiger partial charge in [0.25, 0.3) is 10.0 Å². The second-order valence-corrected chi connectivity index (χ2v) is 9.66. The lowest BCUT2D eigenvalue weighted by Gasteiger charge is -2.26. The van der Waals surface area contributed by atoms with Gasteiger partial charge in [0.2, 0.25) is 5.91 Å². The first-order chi connectivity index (χ1) is 16.3. The highest BCUT2D eigenvalue weighted by molar-refractivity contribution is 7.92. The fraction of sp³-hybridized carbons (Fsp3) is 0.269. The number of nitrogens with one attached hydrogen (secondary N) is 1. The molecule has 3 aromatic carbocycles. The molecule has 3 aromatic rings. The molecule has 0 fully saturated rings. The number of ether oxygens (including phenoxy) is 2. The number of anilines is 1. The van der Waals surface area contributed by atoms with Crippen LogP contribution in [0.25, 0.3) is 0 Å². The topological polar surface area (TPSA) is 84.9 Å². The molecule has 7 nitrogen and oxygen atoms in total. The van der Waals surface area contributed by atoms with Gasteiger partial charge in [0, 0.05) is 6.54 Å². The molecular formula is C26H30N2O5S.